The minimum atomic E-state index is 0.331. The van der Waals surface area contributed by atoms with Gasteiger partial charge in [-0.15, -0.1) is 5.10 Å². The summed E-state index contributed by atoms with van der Waals surface area (Å²) in [6, 6.07) is 0.995. The molecule has 0 atom stereocenters. The van der Waals surface area contributed by atoms with Crippen molar-refractivity contribution in [1.29, 1.82) is 0 Å². The molecule has 0 N–H and O–H groups in total. The summed E-state index contributed by atoms with van der Waals surface area (Å²) < 4.78 is 7.41. The number of hydrogen-bond acceptors (Lipinski definition) is 6. The van der Waals surface area contributed by atoms with Crippen LogP contribution in [0.2, 0.25) is 0 Å². The lowest BCUT2D eigenvalue weighted by molar-refractivity contribution is 0.362. The molecule has 2 aromatic rings. The van der Waals surface area contributed by atoms with Gasteiger partial charge in [0.2, 0.25) is 0 Å². The molecular formula is C17H24N6O. The van der Waals surface area contributed by atoms with Crippen LogP contribution in [-0.4, -0.2) is 38.2 Å². The summed E-state index contributed by atoms with van der Waals surface area (Å²) >= 11 is 0. The zero-order chi connectivity index (χ0) is 16.5. The minimum absolute atomic E-state index is 0.331. The molecule has 7 heteroatoms. The van der Waals surface area contributed by atoms with E-state index in [2.05, 4.69) is 45.3 Å². The third-order valence-corrected chi connectivity index (χ3v) is 4.98. The van der Waals surface area contributed by atoms with Gasteiger partial charge >= 0.3 is 6.01 Å². The molecule has 0 bridgehead atoms. The highest BCUT2D eigenvalue weighted by atomic mass is 16.5. The van der Waals surface area contributed by atoms with Crippen molar-refractivity contribution >= 4 is 11.6 Å². The summed E-state index contributed by atoms with van der Waals surface area (Å²) in [4.78, 5) is 6.80. The Bertz CT molecular complexity index is 727. The SMILES string of the molecule is CC(C)n1cc(C2=CCCN(c3nc(C4CCC4)no3)CC2)nn1. The molecule has 128 valence electrons. The van der Waals surface area contributed by atoms with Gasteiger partial charge in [-0.1, -0.05) is 22.9 Å². The summed E-state index contributed by atoms with van der Waals surface area (Å²) in [5.74, 6) is 1.39. The van der Waals surface area contributed by atoms with Crippen molar-refractivity contribution in [3.63, 3.8) is 0 Å². The largest absolute Gasteiger partial charge is 0.324 e. The fourth-order valence-corrected chi connectivity index (χ4v) is 3.15. The van der Waals surface area contributed by atoms with Gasteiger partial charge in [-0.05, 0) is 45.1 Å². The Hall–Kier alpha value is -2.18. The molecule has 0 aromatic carbocycles. The predicted molar refractivity (Wildman–Crippen MR) is 90.7 cm³/mol. The second-order valence-corrected chi connectivity index (χ2v) is 7.00. The van der Waals surface area contributed by atoms with Crippen LogP contribution in [0.25, 0.3) is 5.57 Å². The van der Waals surface area contributed by atoms with Crippen molar-refractivity contribution in [1.82, 2.24) is 25.1 Å². The van der Waals surface area contributed by atoms with Crippen LogP contribution in [-0.2, 0) is 0 Å². The van der Waals surface area contributed by atoms with E-state index >= 15 is 0 Å². The molecule has 0 unspecified atom stereocenters. The topological polar surface area (TPSA) is 72.9 Å². The van der Waals surface area contributed by atoms with E-state index in [-0.39, 0.29) is 0 Å². The van der Waals surface area contributed by atoms with Crippen LogP contribution < -0.4 is 4.90 Å². The van der Waals surface area contributed by atoms with E-state index in [9.17, 15) is 0 Å². The molecule has 1 aliphatic heterocycles. The fraction of sp³-hybridized carbons (Fsp3) is 0.647. The summed E-state index contributed by atoms with van der Waals surface area (Å²) in [5, 5.41) is 12.7. The highest BCUT2D eigenvalue weighted by Gasteiger charge is 2.26. The summed E-state index contributed by atoms with van der Waals surface area (Å²) in [6.07, 6.45) is 9.82. The lowest BCUT2D eigenvalue weighted by Gasteiger charge is -2.21. The predicted octanol–water partition coefficient (Wildman–Crippen LogP) is 3.19. The molecule has 1 aliphatic carbocycles. The number of aromatic nitrogens is 5. The molecule has 7 nitrogen and oxygen atoms in total. The highest BCUT2D eigenvalue weighted by molar-refractivity contribution is 5.62. The Morgan fingerprint density at radius 1 is 1.25 bits per heavy atom. The van der Waals surface area contributed by atoms with Gasteiger partial charge in [0, 0.05) is 25.0 Å². The molecule has 2 aliphatic rings. The van der Waals surface area contributed by atoms with E-state index in [0.717, 1.165) is 37.4 Å². The van der Waals surface area contributed by atoms with E-state index in [4.69, 9.17) is 4.52 Å². The minimum Gasteiger partial charge on any atom is -0.324 e. The van der Waals surface area contributed by atoms with Crippen LogP contribution in [0.4, 0.5) is 6.01 Å². The Morgan fingerprint density at radius 3 is 2.83 bits per heavy atom. The lowest BCUT2D eigenvalue weighted by atomic mass is 9.85. The van der Waals surface area contributed by atoms with Crippen molar-refractivity contribution in [3.05, 3.63) is 23.8 Å². The Labute approximate surface area is 141 Å². The second kappa shape index (κ2) is 6.37. The maximum atomic E-state index is 5.50. The van der Waals surface area contributed by atoms with Crippen LogP contribution in [0, 0.1) is 0 Å². The van der Waals surface area contributed by atoms with Gasteiger partial charge in [-0.25, -0.2) is 4.68 Å². The van der Waals surface area contributed by atoms with E-state index in [0.29, 0.717) is 18.0 Å². The summed E-state index contributed by atoms with van der Waals surface area (Å²) in [5.41, 5.74) is 2.23. The van der Waals surface area contributed by atoms with Crippen LogP contribution in [0.1, 0.15) is 69.4 Å². The summed E-state index contributed by atoms with van der Waals surface area (Å²) in [6.45, 7) is 5.98. The highest BCUT2D eigenvalue weighted by Crippen LogP contribution is 2.35. The van der Waals surface area contributed by atoms with Crippen molar-refractivity contribution in [2.75, 3.05) is 18.0 Å². The Balaban J connectivity index is 1.42. The summed E-state index contributed by atoms with van der Waals surface area (Å²) in [7, 11) is 0. The lowest BCUT2D eigenvalue weighted by Crippen LogP contribution is -2.24. The molecule has 4 rings (SSSR count). The first-order valence-corrected chi connectivity index (χ1v) is 8.90. The third kappa shape index (κ3) is 2.95. The fourth-order valence-electron chi connectivity index (χ4n) is 3.15. The van der Waals surface area contributed by atoms with E-state index in [1.165, 1.54) is 24.8 Å². The monoisotopic (exact) mass is 328 g/mol. The van der Waals surface area contributed by atoms with Crippen molar-refractivity contribution in [2.45, 2.75) is 57.9 Å². The third-order valence-electron chi connectivity index (χ3n) is 4.98. The van der Waals surface area contributed by atoms with Gasteiger partial charge in [0.25, 0.3) is 0 Å². The van der Waals surface area contributed by atoms with Crippen molar-refractivity contribution < 1.29 is 4.52 Å². The molecule has 0 radical (unpaired) electrons. The van der Waals surface area contributed by atoms with Gasteiger partial charge < -0.3 is 9.42 Å². The molecule has 2 aromatic heterocycles. The molecule has 0 saturated heterocycles. The maximum absolute atomic E-state index is 5.50. The smallest absolute Gasteiger partial charge is 0.324 e. The van der Waals surface area contributed by atoms with Gasteiger partial charge in [0.15, 0.2) is 5.82 Å². The van der Waals surface area contributed by atoms with Crippen LogP contribution in [0.15, 0.2) is 16.8 Å². The second-order valence-electron chi connectivity index (χ2n) is 7.00. The molecular weight excluding hydrogens is 304 g/mol. The maximum Gasteiger partial charge on any atom is 0.324 e. The number of rotatable bonds is 4. The number of hydrogen-bond donors (Lipinski definition) is 0. The first-order chi connectivity index (χ1) is 11.7. The Kier molecular flexibility index (Phi) is 4.08. The average Bonchev–Trinajstić information content (AvgIpc) is 3.11. The van der Waals surface area contributed by atoms with E-state index in [1.54, 1.807) is 0 Å². The van der Waals surface area contributed by atoms with Crippen molar-refractivity contribution in [3.8, 4) is 0 Å². The van der Waals surface area contributed by atoms with Crippen molar-refractivity contribution in [2.24, 2.45) is 0 Å². The molecule has 0 spiro atoms. The normalized spacial score (nSPS) is 19.3. The number of anilines is 1. The van der Waals surface area contributed by atoms with Gasteiger partial charge in [0.1, 0.15) is 5.69 Å². The first-order valence-electron chi connectivity index (χ1n) is 8.90. The number of nitrogens with zero attached hydrogens (tertiary/aromatic N) is 6. The first kappa shape index (κ1) is 15.4. The molecule has 3 heterocycles. The van der Waals surface area contributed by atoms with Crippen LogP contribution >= 0.6 is 0 Å². The molecule has 1 fully saturated rings. The van der Waals surface area contributed by atoms with Gasteiger partial charge in [-0.3, -0.25) is 0 Å². The molecule has 1 saturated carbocycles. The standard InChI is InChI=1S/C17H24N6O/c1-12(2)23-11-15(19-21-23)13-7-4-9-22(10-8-13)17-18-16(20-24-17)14-5-3-6-14/h7,11-12,14H,3-6,8-10H2,1-2H3. The zero-order valence-corrected chi connectivity index (χ0v) is 14.4. The van der Waals surface area contributed by atoms with E-state index < -0.39 is 0 Å². The quantitative estimate of drug-likeness (QED) is 0.858. The molecule has 24 heavy (non-hydrogen) atoms. The molecule has 0 amide bonds. The van der Waals surface area contributed by atoms with Gasteiger partial charge in [-0.2, -0.15) is 4.98 Å². The Morgan fingerprint density at radius 2 is 2.12 bits per heavy atom. The van der Waals surface area contributed by atoms with Crippen LogP contribution in [0.5, 0.6) is 0 Å². The van der Waals surface area contributed by atoms with Gasteiger partial charge in [0.05, 0.1) is 6.20 Å². The van der Waals surface area contributed by atoms with E-state index in [1.807, 2.05) is 10.9 Å². The van der Waals surface area contributed by atoms with Crippen LogP contribution in [0.3, 0.4) is 0 Å². The average molecular weight is 328 g/mol. The zero-order valence-electron chi connectivity index (χ0n) is 14.4.